The van der Waals surface area contributed by atoms with Gasteiger partial charge in [-0.15, -0.1) is 0 Å². The van der Waals surface area contributed by atoms with Crippen molar-refractivity contribution in [2.24, 2.45) is 5.41 Å². The van der Waals surface area contributed by atoms with Crippen LogP contribution in [-0.2, 0) is 0 Å². The van der Waals surface area contributed by atoms with E-state index in [1.165, 1.54) is 45.6 Å². The second-order valence-corrected chi connectivity index (χ2v) is 6.64. The Morgan fingerprint density at radius 2 is 1.56 bits per heavy atom. The summed E-state index contributed by atoms with van der Waals surface area (Å²) in [5.41, 5.74) is 0.500. The van der Waals surface area contributed by atoms with Gasteiger partial charge in [0.1, 0.15) is 0 Å². The Morgan fingerprint density at radius 3 is 2.00 bits per heavy atom. The summed E-state index contributed by atoms with van der Waals surface area (Å²) < 4.78 is 0. The van der Waals surface area contributed by atoms with Crippen LogP contribution in [0.1, 0.15) is 47.5 Å². The Morgan fingerprint density at radius 1 is 1.00 bits per heavy atom. The Balaban J connectivity index is 2.13. The number of hydrogen-bond donors (Lipinski definition) is 0. The summed E-state index contributed by atoms with van der Waals surface area (Å²) in [6.07, 6.45) is 2.70. The van der Waals surface area contributed by atoms with Crippen LogP contribution in [0.2, 0.25) is 0 Å². The van der Waals surface area contributed by atoms with E-state index in [0.717, 1.165) is 6.04 Å². The molecular formula is C14H30N2. The number of hydrogen-bond acceptors (Lipinski definition) is 2. The molecule has 0 aromatic carbocycles. The standard InChI is InChI=1S/C14H30N2/c1-13(2)16-11-9-15(10-12-16)8-6-7-14(3,4)5/h13H,6-12H2,1-5H3. The molecule has 16 heavy (non-hydrogen) atoms. The van der Waals surface area contributed by atoms with Crippen molar-refractivity contribution >= 4 is 0 Å². The lowest BCUT2D eigenvalue weighted by molar-refractivity contribution is 0.105. The van der Waals surface area contributed by atoms with Gasteiger partial charge in [0.25, 0.3) is 0 Å². The first-order valence-corrected chi connectivity index (χ1v) is 6.85. The molecule has 1 aliphatic rings. The summed E-state index contributed by atoms with van der Waals surface area (Å²) in [6.45, 7) is 18.0. The number of rotatable bonds is 4. The maximum absolute atomic E-state index is 2.63. The molecule has 0 saturated carbocycles. The lowest BCUT2D eigenvalue weighted by Gasteiger charge is -2.37. The van der Waals surface area contributed by atoms with Gasteiger partial charge in [-0.05, 0) is 38.6 Å². The Bertz CT molecular complexity index is 185. The monoisotopic (exact) mass is 226 g/mol. The Kier molecular flexibility index (Phi) is 5.26. The average molecular weight is 226 g/mol. The van der Waals surface area contributed by atoms with Gasteiger partial charge >= 0.3 is 0 Å². The van der Waals surface area contributed by atoms with Crippen molar-refractivity contribution in [2.45, 2.75) is 53.5 Å². The molecule has 1 saturated heterocycles. The summed E-state index contributed by atoms with van der Waals surface area (Å²) in [5, 5.41) is 0. The SMILES string of the molecule is CC(C)N1CCN(CCCC(C)(C)C)CC1. The minimum Gasteiger partial charge on any atom is -0.301 e. The summed E-state index contributed by atoms with van der Waals surface area (Å²) in [4.78, 5) is 5.21. The quantitative estimate of drug-likeness (QED) is 0.727. The van der Waals surface area contributed by atoms with Crippen LogP contribution in [0.15, 0.2) is 0 Å². The highest BCUT2D eigenvalue weighted by molar-refractivity contribution is 4.74. The minimum absolute atomic E-state index is 0.500. The molecule has 2 heteroatoms. The average Bonchev–Trinajstić information content (AvgIpc) is 2.16. The molecule has 0 aliphatic carbocycles. The first-order valence-electron chi connectivity index (χ1n) is 6.85. The van der Waals surface area contributed by atoms with Crippen LogP contribution in [-0.4, -0.2) is 48.6 Å². The number of nitrogens with zero attached hydrogens (tertiary/aromatic N) is 2. The highest BCUT2D eigenvalue weighted by Crippen LogP contribution is 2.20. The molecule has 0 radical (unpaired) electrons. The Hall–Kier alpha value is -0.0800. The van der Waals surface area contributed by atoms with Gasteiger partial charge in [-0.2, -0.15) is 0 Å². The van der Waals surface area contributed by atoms with Gasteiger partial charge in [0.15, 0.2) is 0 Å². The maximum atomic E-state index is 2.63. The second-order valence-electron chi connectivity index (χ2n) is 6.64. The second kappa shape index (κ2) is 6.02. The zero-order valence-electron chi connectivity index (χ0n) is 11.9. The molecule has 1 fully saturated rings. The summed E-state index contributed by atoms with van der Waals surface area (Å²) in [7, 11) is 0. The lowest BCUT2D eigenvalue weighted by Crippen LogP contribution is -2.48. The molecule has 1 aliphatic heterocycles. The third-order valence-corrected chi connectivity index (χ3v) is 3.54. The lowest BCUT2D eigenvalue weighted by atomic mass is 9.90. The fourth-order valence-corrected chi connectivity index (χ4v) is 2.34. The molecule has 0 aromatic rings. The molecule has 0 spiro atoms. The minimum atomic E-state index is 0.500. The Labute approximate surface area is 102 Å². The first-order chi connectivity index (χ1) is 7.38. The molecule has 0 atom stereocenters. The molecular weight excluding hydrogens is 196 g/mol. The summed E-state index contributed by atoms with van der Waals surface area (Å²) in [6, 6.07) is 0.719. The topological polar surface area (TPSA) is 6.48 Å². The van der Waals surface area contributed by atoms with Crippen LogP contribution < -0.4 is 0 Å². The fourth-order valence-electron chi connectivity index (χ4n) is 2.34. The molecule has 0 unspecified atom stereocenters. The predicted molar refractivity (Wildman–Crippen MR) is 71.8 cm³/mol. The number of piperazine rings is 1. The molecule has 1 heterocycles. The molecule has 96 valence electrons. The smallest absolute Gasteiger partial charge is 0.0113 e. The van der Waals surface area contributed by atoms with Crippen molar-refractivity contribution in [2.75, 3.05) is 32.7 Å². The van der Waals surface area contributed by atoms with Gasteiger partial charge in [0.2, 0.25) is 0 Å². The molecule has 1 rings (SSSR count). The third kappa shape index (κ3) is 5.31. The summed E-state index contributed by atoms with van der Waals surface area (Å²) >= 11 is 0. The molecule has 0 bridgehead atoms. The molecule has 0 amide bonds. The molecule has 2 nitrogen and oxygen atoms in total. The van der Waals surface area contributed by atoms with Crippen LogP contribution in [0.3, 0.4) is 0 Å². The van der Waals surface area contributed by atoms with Crippen LogP contribution >= 0.6 is 0 Å². The highest BCUT2D eigenvalue weighted by Gasteiger charge is 2.18. The zero-order chi connectivity index (χ0) is 12.2. The van der Waals surface area contributed by atoms with E-state index in [0.29, 0.717) is 5.41 Å². The normalized spacial score (nSPS) is 20.6. The van der Waals surface area contributed by atoms with Gasteiger partial charge in [-0.25, -0.2) is 0 Å². The maximum Gasteiger partial charge on any atom is 0.0113 e. The van der Waals surface area contributed by atoms with Crippen LogP contribution in [0.25, 0.3) is 0 Å². The molecule has 0 N–H and O–H groups in total. The fraction of sp³-hybridized carbons (Fsp3) is 1.00. The van der Waals surface area contributed by atoms with Gasteiger partial charge in [-0.3, -0.25) is 4.90 Å². The van der Waals surface area contributed by atoms with Crippen molar-refractivity contribution in [1.82, 2.24) is 9.80 Å². The van der Waals surface area contributed by atoms with E-state index in [2.05, 4.69) is 44.4 Å². The van der Waals surface area contributed by atoms with Gasteiger partial charge in [-0.1, -0.05) is 20.8 Å². The van der Waals surface area contributed by atoms with Crippen LogP contribution in [0.5, 0.6) is 0 Å². The van der Waals surface area contributed by atoms with E-state index in [1.807, 2.05) is 0 Å². The molecule has 0 aromatic heterocycles. The summed E-state index contributed by atoms with van der Waals surface area (Å²) in [5.74, 6) is 0. The predicted octanol–water partition coefficient (Wildman–Crippen LogP) is 2.84. The van der Waals surface area contributed by atoms with Crippen molar-refractivity contribution in [3.63, 3.8) is 0 Å². The first kappa shape index (κ1) is 14.0. The van der Waals surface area contributed by atoms with Crippen molar-refractivity contribution in [1.29, 1.82) is 0 Å². The van der Waals surface area contributed by atoms with Gasteiger partial charge in [0.05, 0.1) is 0 Å². The van der Waals surface area contributed by atoms with E-state index in [1.54, 1.807) is 0 Å². The largest absolute Gasteiger partial charge is 0.301 e. The zero-order valence-corrected chi connectivity index (χ0v) is 11.9. The van der Waals surface area contributed by atoms with E-state index in [9.17, 15) is 0 Å². The van der Waals surface area contributed by atoms with Gasteiger partial charge < -0.3 is 4.90 Å². The van der Waals surface area contributed by atoms with E-state index in [-0.39, 0.29) is 0 Å². The van der Waals surface area contributed by atoms with Crippen LogP contribution in [0.4, 0.5) is 0 Å². The van der Waals surface area contributed by atoms with Gasteiger partial charge in [0, 0.05) is 32.2 Å². The van der Waals surface area contributed by atoms with Crippen molar-refractivity contribution in [3.05, 3.63) is 0 Å². The third-order valence-electron chi connectivity index (χ3n) is 3.54. The van der Waals surface area contributed by atoms with Crippen molar-refractivity contribution < 1.29 is 0 Å². The highest BCUT2D eigenvalue weighted by atomic mass is 15.3. The van der Waals surface area contributed by atoms with Crippen LogP contribution in [0, 0.1) is 5.41 Å². The van der Waals surface area contributed by atoms with Crippen molar-refractivity contribution in [3.8, 4) is 0 Å². The van der Waals surface area contributed by atoms with E-state index in [4.69, 9.17) is 0 Å². The van der Waals surface area contributed by atoms with E-state index < -0.39 is 0 Å². The van der Waals surface area contributed by atoms with E-state index >= 15 is 0 Å².